The molecule has 0 bridgehead atoms. The van der Waals surface area contributed by atoms with Crippen molar-refractivity contribution in [1.29, 1.82) is 0 Å². The van der Waals surface area contributed by atoms with E-state index < -0.39 is 11.7 Å². The van der Waals surface area contributed by atoms with Crippen molar-refractivity contribution < 1.29 is 19.2 Å². The molecule has 3 heterocycles. The fourth-order valence-corrected chi connectivity index (χ4v) is 5.00. The average molecular weight is 442 g/mol. The maximum atomic E-state index is 13.1. The molecule has 0 saturated carbocycles. The second-order valence-corrected chi connectivity index (χ2v) is 9.23. The predicted octanol–water partition coefficient (Wildman–Crippen LogP) is 0.972. The molecule has 3 aliphatic rings. The first kappa shape index (κ1) is 22.1. The Morgan fingerprint density at radius 1 is 1.12 bits per heavy atom. The summed E-state index contributed by atoms with van der Waals surface area (Å²) in [6.07, 6.45) is 2.29. The van der Waals surface area contributed by atoms with Crippen molar-refractivity contribution in [1.82, 2.24) is 15.1 Å². The van der Waals surface area contributed by atoms with Crippen LogP contribution in [0, 0.1) is 12.8 Å². The Morgan fingerprint density at radius 3 is 2.53 bits per heavy atom. The molecule has 4 rings (SSSR count). The smallest absolute Gasteiger partial charge is 0.255 e. The summed E-state index contributed by atoms with van der Waals surface area (Å²) in [4.78, 5) is 53.5. The van der Waals surface area contributed by atoms with Crippen LogP contribution in [0.2, 0.25) is 0 Å². The highest BCUT2D eigenvalue weighted by atomic mass is 16.2. The predicted molar refractivity (Wildman–Crippen MR) is 119 cm³/mol. The van der Waals surface area contributed by atoms with Crippen molar-refractivity contribution in [2.45, 2.75) is 57.7 Å². The molecule has 0 aliphatic carbocycles. The molecule has 0 aromatic heterocycles. The Balaban J connectivity index is 1.44. The van der Waals surface area contributed by atoms with Crippen LogP contribution in [0.3, 0.4) is 0 Å². The van der Waals surface area contributed by atoms with Crippen molar-refractivity contribution in [3.63, 3.8) is 0 Å². The summed E-state index contributed by atoms with van der Waals surface area (Å²) < 4.78 is 0. The third kappa shape index (κ3) is 4.16. The molecule has 3 aliphatic heterocycles. The van der Waals surface area contributed by atoms with Gasteiger partial charge in [-0.25, -0.2) is 0 Å². The molecule has 32 heavy (non-hydrogen) atoms. The Hall–Kier alpha value is -3.10. The molecular weight excluding hydrogens is 410 g/mol. The summed E-state index contributed by atoms with van der Waals surface area (Å²) >= 11 is 0. The van der Waals surface area contributed by atoms with Gasteiger partial charge in [-0.2, -0.15) is 0 Å². The van der Waals surface area contributed by atoms with E-state index in [9.17, 15) is 19.2 Å². The maximum absolute atomic E-state index is 13.1. The largest absolute Gasteiger partial charge is 0.369 e. The van der Waals surface area contributed by atoms with Gasteiger partial charge in [-0.1, -0.05) is 6.07 Å². The van der Waals surface area contributed by atoms with Crippen LogP contribution < -0.4 is 16.4 Å². The molecule has 0 unspecified atom stereocenters. The Bertz CT molecular complexity index is 956. The molecule has 1 spiro atoms. The molecule has 2 saturated heterocycles. The normalized spacial score (nSPS) is 24.9. The van der Waals surface area contributed by atoms with Crippen molar-refractivity contribution in [3.8, 4) is 0 Å². The van der Waals surface area contributed by atoms with Gasteiger partial charge >= 0.3 is 0 Å². The number of hydrogen-bond donors (Lipinski definition) is 3. The summed E-state index contributed by atoms with van der Waals surface area (Å²) in [5, 5.41) is 6.53. The third-order valence-electron chi connectivity index (χ3n) is 7.05. The molecule has 4 N–H and O–H groups in total. The Morgan fingerprint density at radius 2 is 1.84 bits per heavy atom. The highest BCUT2D eigenvalue weighted by Crippen LogP contribution is 2.33. The van der Waals surface area contributed by atoms with Gasteiger partial charge in [0.2, 0.25) is 17.7 Å². The number of nitrogens with two attached hydrogens (primary N) is 1. The number of fused-ring (bicyclic) bond motifs is 1. The Labute approximate surface area is 187 Å². The first-order chi connectivity index (χ1) is 15.2. The number of primary amides is 1. The van der Waals surface area contributed by atoms with Crippen LogP contribution >= 0.6 is 0 Å². The van der Waals surface area contributed by atoms with Gasteiger partial charge in [0.05, 0.1) is 5.56 Å². The number of rotatable bonds is 3. The lowest BCUT2D eigenvalue weighted by atomic mass is 9.94. The van der Waals surface area contributed by atoms with E-state index in [2.05, 4.69) is 10.6 Å². The van der Waals surface area contributed by atoms with Crippen LogP contribution in [-0.2, 0) is 14.4 Å². The standard InChI is InChI=1S/C23H31N5O4/c1-14-3-4-17-18(13-14)25-23(26-21(17)31)8-5-19(29)28(12-9-23)15(2)22(32)27-10-6-16(7-11-27)20(24)30/h3-4,13,15-16,25H,5-12H2,1-2H3,(H2,24,30)(H,26,31)/t15-,23+/m0/s1. The summed E-state index contributed by atoms with van der Waals surface area (Å²) in [6.45, 7) is 5.02. The van der Waals surface area contributed by atoms with Crippen LogP contribution in [0.5, 0.6) is 0 Å². The average Bonchev–Trinajstić information content (AvgIpc) is 2.91. The molecule has 9 heteroatoms. The third-order valence-corrected chi connectivity index (χ3v) is 7.05. The van der Waals surface area contributed by atoms with E-state index in [1.807, 2.05) is 19.1 Å². The van der Waals surface area contributed by atoms with Gasteiger partial charge in [0.15, 0.2) is 0 Å². The zero-order valence-corrected chi connectivity index (χ0v) is 18.6. The second kappa shape index (κ2) is 8.44. The van der Waals surface area contributed by atoms with Crippen molar-refractivity contribution in [2.24, 2.45) is 11.7 Å². The van der Waals surface area contributed by atoms with Gasteiger partial charge < -0.3 is 26.2 Å². The molecule has 172 valence electrons. The quantitative estimate of drug-likeness (QED) is 0.645. The number of carbonyl (C=O) groups is 4. The van der Waals surface area contributed by atoms with E-state index in [1.165, 1.54) is 0 Å². The number of aryl methyl sites for hydroxylation is 1. The van der Waals surface area contributed by atoms with Gasteiger partial charge in [0, 0.05) is 44.1 Å². The molecule has 2 fully saturated rings. The minimum Gasteiger partial charge on any atom is -0.369 e. The minimum absolute atomic E-state index is 0.0964. The summed E-state index contributed by atoms with van der Waals surface area (Å²) in [5.74, 6) is -0.876. The molecule has 2 atom stereocenters. The first-order valence-electron chi connectivity index (χ1n) is 11.3. The number of piperidine rings is 1. The number of amides is 4. The van der Waals surface area contributed by atoms with Crippen molar-refractivity contribution in [2.75, 3.05) is 25.0 Å². The van der Waals surface area contributed by atoms with Crippen LogP contribution in [0.15, 0.2) is 18.2 Å². The molecule has 1 aromatic rings. The lowest BCUT2D eigenvalue weighted by Crippen LogP contribution is -2.58. The summed E-state index contributed by atoms with van der Waals surface area (Å²) in [6, 6.07) is 5.05. The minimum atomic E-state index is -0.717. The fourth-order valence-electron chi connectivity index (χ4n) is 5.00. The van der Waals surface area contributed by atoms with Crippen molar-refractivity contribution >= 4 is 29.3 Å². The number of nitrogens with one attached hydrogen (secondary N) is 2. The van der Waals surface area contributed by atoms with Crippen LogP contribution in [0.4, 0.5) is 5.69 Å². The molecule has 4 amide bonds. The number of likely N-dealkylation sites (tertiary alicyclic amines) is 2. The molecule has 9 nitrogen and oxygen atoms in total. The molecular formula is C23H31N5O4. The van der Waals surface area contributed by atoms with Gasteiger partial charge in [-0.05, 0) is 50.8 Å². The highest BCUT2D eigenvalue weighted by Gasteiger charge is 2.42. The fraction of sp³-hybridized carbons (Fsp3) is 0.565. The number of anilines is 1. The monoisotopic (exact) mass is 441 g/mol. The molecule has 1 aromatic carbocycles. The SMILES string of the molecule is Cc1ccc2c(c1)N[C@]1(CCC(=O)N([C@@H](C)C(=O)N3CCC(C(N)=O)CC3)CC1)NC2=O. The van der Waals surface area contributed by atoms with Gasteiger partial charge in [0.1, 0.15) is 11.7 Å². The Kier molecular flexibility index (Phi) is 5.83. The number of carbonyl (C=O) groups excluding carboxylic acids is 4. The topological polar surface area (TPSA) is 125 Å². The van der Waals surface area contributed by atoms with Gasteiger partial charge in [-0.3, -0.25) is 19.2 Å². The number of hydrogen-bond acceptors (Lipinski definition) is 5. The van der Waals surface area contributed by atoms with Crippen LogP contribution in [0.1, 0.15) is 54.9 Å². The highest BCUT2D eigenvalue weighted by molar-refractivity contribution is 6.02. The molecule has 0 radical (unpaired) electrons. The lowest BCUT2D eigenvalue weighted by Gasteiger charge is -2.40. The summed E-state index contributed by atoms with van der Waals surface area (Å²) in [7, 11) is 0. The zero-order valence-electron chi connectivity index (χ0n) is 18.6. The first-order valence-corrected chi connectivity index (χ1v) is 11.3. The zero-order chi connectivity index (χ0) is 23.0. The van der Waals surface area contributed by atoms with Gasteiger partial charge in [-0.15, -0.1) is 0 Å². The summed E-state index contributed by atoms with van der Waals surface area (Å²) in [5.41, 5.74) is 7.08. The van der Waals surface area contributed by atoms with Crippen LogP contribution in [-0.4, -0.2) is 64.8 Å². The van der Waals surface area contributed by atoms with E-state index in [0.717, 1.165) is 11.3 Å². The van der Waals surface area contributed by atoms with E-state index in [-0.39, 0.29) is 36.0 Å². The van der Waals surface area contributed by atoms with E-state index in [0.29, 0.717) is 50.9 Å². The number of nitrogens with zero attached hydrogens (tertiary/aromatic N) is 2. The van der Waals surface area contributed by atoms with Gasteiger partial charge in [0.25, 0.3) is 5.91 Å². The maximum Gasteiger partial charge on any atom is 0.255 e. The van der Waals surface area contributed by atoms with E-state index in [1.54, 1.807) is 22.8 Å². The second-order valence-electron chi connectivity index (χ2n) is 9.23. The van der Waals surface area contributed by atoms with Crippen LogP contribution in [0.25, 0.3) is 0 Å². The lowest BCUT2D eigenvalue weighted by molar-refractivity contribution is -0.146. The van der Waals surface area contributed by atoms with Crippen molar-refractivity contribution in [3.05, 3.63) is 29.3 Å². The van der Waals surface area contributed by atoms with E-state index in [4.69, 9.17) is 5.73 Å². The number of benzene rings is 1. The van der Waals surface area contributed by atoms with E-state index >= 15 is 0 Å².